The van der Waals surface area contributed by atoms with Crippen molar-refractivity contribution >= 4 is 17.9 Å². The number of allylic oxidation sites excluding steroid dienone is 20. The van der Waals surface area contributed by atoms with Gasteiger partial charge in [0, 0.05) is 12.8 Å². The van der Waals surface area contributed by atoms with E-state index in [-0.39, 0.29) is 32.2 Å². The average Bonchev–Trinajstić information content (AvgIpc) is 0.985. The number of carboxylic acids is 1. The number of aliphatic carboxylic acids is 1. The molecule has 0 aliphatic carbocycles. The molecule has 0 radical (unpaired) electrons. The quantitative estimate of drug-likeness (QED) is 0.0195. The summed E-state index contributed by atoms with van der Waals surface area (Å²) in [6, 6.07) is 0. The molecule has 2 unspecified atom stereocenters. The number of carbonyl (C=O) groups excluding carboxylic acids is 3. The predicted molar refractivity (Wildman–Crippen MR) is 444 cm³/mol. The molecule has 9 nitrogen and oxygen atoms in total. The summed E-state index contributed by atoms with van der Waals surface area (Å²) in [6.07, 6.45) is 116. The Morgan fingerprint density at radius 2 is 0.553 bits per heavy atom. The molecule has 0 aromatic heterocycles. The minimum atomic E-state index is -1.63. The Kier molecular flexibility index (Phi) is 79.8. The first kappa shape index (κ1) is 98.7. The average molecular weight is 1440 g/mol. The lowest BCUT2D eigenvalue weighted by atomic mass is 10.0. The van der Waals surface area contributed by atoms with E-state index in [0.29, 0.717) is 23.9 Å². The van der Waals surface area contributed by atoms with Crippen LogP contribution in [-0.4, -0.2) is 82.3 Å². The van der Waals surface area contributed by atoms with E-state index in [9.17, 15) is 19.5 Å². The number of nitrogens with zero attached hydrogens (tertiary/aromatic N) is 1. The highest BCUT2D eigenvalue weighted by Crippen LogP contribution is 2.20. The van der Waals surface area contributed by atoms with E-state index in [2.05, 4.69) is 135 Å². The number of quaternary nitrogens is 1. The van der Waals surface area contributed by atoms with Gasteiger partial charge < -0.3 is 33.3 Å². The number of ether oxygens (including phenoxy) is 4. The molecule has 0 saturated heterocycles. The van der Waals surface area contributed by atoms with E-state index < -0.39 is 24.3 Å². The molecular formula is C94H165NO8. The number of esters is 2. The number of likely N-dealkylation sites (N-methyl/N-ethyl adjacent to an activating group) is 1. The van der Waals surface area contributed by atoms with Gasteiger partial charge in [0.2, 0.25) is 0 Å². The second-order valence-corrected chi connectivity index (χ2v) is 30.4. The van der Waals surface area contributed by atoms with Gasteiger partial charge in [-0.2, -0.15) is 0 Å². The number of rotatable bonds is 81. The number of carbonyl (C=O) groups is 3. The SMILES string of the molecule is CC/C=C\C/C=C\C/C=C\C/C=C\C/C=C\C/C=C\C/C=C\CCCCCCCCCCCCCCCCCCCC(=O)OC(COC(=O)CCCCCCCCCCCCCCCCCCCCCCCCCC/C=C\C/C=C\C/C=C\CCCCCCC)COC(OCC[N+](C)(C)C)C(=O)[O-]. The van der Waals surface area contributed by atoms with Crippen LogP contribution in [0.4, 0.5) is 0 Å². The van der Waals surface area contributed by atoms with Crippen molar-refractivity contribution in [2.24, 2.45) is 0 Å². The molecule has 0 bridgehead atoms. The van der Waals surface area contributed by atoms with E-state index >= 15 is 0 Å². The Labute approximate surface area is 637 Å². The Bertz CT molecular complexity index is 2120. The molecule has 0 fully saturated rings. The van der Waals surface area contributed by atoms with Crippen molar-refractivity contribution in [3.8, 4) is 0 Å². The zero-order valence-corrected chi connectivity index (χ0v) is 68.2. The van der Waals surface area contributed by atoms with E-state index in [0.717, 1.165) is 89.9 Å². The lowest BCUT2D eigenvalue weighted by molar-refractivity contribution is -0.870. The molecule has 0 aliphatic rings. The maximum absolute atomic E-state index is 13.0. The third kappa shape index (κ3) is 84.8. The van der Waals surface area contributed by atoms with Gasteiger partial charge in [-0.15, -0.1) is 0 Å². The molecule has 103 heavy (non-hydrogen) atoms. The third-order valence-electron chi connectivity index (χ3n) is 19.2. The normalized spacial score (nSPS) is 13.2. The van der Waals surface area contributed by atoms with E-state index in [4.69, 9.17) is 18.9 Å². The summed E-state index contributed by atoms with van der Waals surface area (Å²) >= 11 is 0. The third-order valence-corrected chi connectivity index (χ3v) is 19.2. The highest BCUT2D eigenvalue weighted by molar-refractivity contribution is 5.70. The smallest absolute Gasteiger partial charge is 0.306 e. The van der Waals surface area contributed by atoms with Crippen molar-refractivity contribution in [2.45, 2.75) is 411 Å². The summed E-state index contributed by atoms with van der Waals surface area (Å²) in [6.45, 7) is 4.67. The van der Waals surface area contributed by atoms with Gasteiger partial charge in [-0.3, -0.25) is 9.59 Å². The van der Waals surface area contributed by atoms with Crippen molar-refractivity contribution in [3.63, 3.8) is 0 Å². The van der Waals surface area contributed by atoms with Gasteiger partial charge in [0.15, 0.2) is 12.4 Å². The largest absolute Gasteiger partial charge is 0.545 e. The lowest BCUT2D eigenvalue weighted by Crippen LogP contribution is -2.44. The molecule has 0 amide bonds. The molecule has 0 rings (SSSR count). The van der Waals surface area contributed by atoms with Crippen LogP contribution < -0.4 is 5.11 Å². The summed E-state index contributed by atoms with van der Waals surface area (Å²) in [7, 11) is 5.95. The summed E-state index contributed by atoms with van der Waals surface area (Å²) < 4.78 is 22.9. The Balaban J connectivity index is 3.96. The highest BCUT2D eigenvalue weighted by Gasteiger charge is 2.22. The van der Waals surface area contributed by atoms with Crippen LogP contribution in [0.5, 0.6) is 0 Å². The summed E-state index contributed by atoms with van der Waals surface area (Å²) in [5, 5.41) is 11.9. The molecule has 594 valence electrons. The van der Waals surface area contributed by atoms with Gasteiger partial charge in [-0.25, -0.2) is 0 Å². The Morgan fingerprint density at radius 3 is 0.825 bits per heavy atom. The van der Waals surface area contributed by atoms with Gasteiger partial charge in [-0.05, 0) is 109 Å². The Morgan fingerprint density at radius 1 is 0.301 bits per heavy atom. The fraction of sp³-hybridized carbons (Fsp3) is 0.755. The van der Waals surface area contributed by atoms with Gasteiger partial charge in [0.1, 0.15) is 13.2 Å². The van der Waals surface area contributed by atoms with Crippen molar-refractivity contribution in [3.05, 3.63) is 122 Å². The maximum atomic E-state index is 13.0. The van der Waals surface area contributed by atoms with Crippen LogP contribution in [0.15, 0.2) is 122 Å². The molecule has 0 aliphatic heterocycles. The van der Waals surface area contributed by atoms with Crippen molar-refractivity contribution in [2.75, 3.05) is 47.5 Å². The highest BCUT2D eigenvalue weighted by atomic mass is 16.7. The molecule has 0 aromatic rings. The standard InChI is InChI=1S/C94H165NO8/c1-6-8-10-12-14-16-18-20-22-24-26-28-30-32-34-36-38-40-42-44-46-48-50-52-54-56-58-60-62-64-66-68-70-72-74-76-78-80-82-84-91(96)101-88-90(89-102-94(93(98)99)100-87-86-95(3,4)5)103-92(97)85-83-81-79-77-75-73-71-69-67-65-63-61-59-57-55-53-51-49-47-45-43-41-39-37-35-33-31-29-27-25-23-21-19-17-15-13-11-9-7-2/h9,11,15,17-18,20-21,23-24,26-27,29-30,32-33,35,39,41,45,47,90,94H,6-8,10,12-14,16,19,22,25,28,31,34,36-38,40,42-44,46,48-89H2,1-5H3/b11-9-,17-15-,20-18-,23-21-,26-24-,29-27-,32-30-,35-33-,41-39-,47-45-. The van der Waals surface area contributed by atoms with Crippen LogP contribution >= 0.6 is 0 Å². The fourth-order valence-electron chi connectivity index (χ4n) is 12.6. The molecule has 9 heteroatoms. The van der Waals surface area contributed by atoms with Crippen molar-refractivity contribution in [1.29, 1.82) is 0 Å². The number of carboxylic acid groups (broad SMARTS) is 1. The van der Waals surface area contributed by atoms with Crippen LogP contribution in [0, 0.1) is 0 Å². The summed E-state index contributed by atoms with van der Waals surface area (Å²) in [5.74, 6) is -2.26. The van der Waals surface area contributed by atoms with E-state index in [1.165, 1.54) is 276 Å². The molecule has 0 aromatic carbocycles. The minimum absolute atomic E-state index is 0.147. The first-order valence-electron chi connectivity index (χ1n) is 43.7. The first-order valence-corrected chi connectivity index (χ1v) is 43.7. The molecule has 0 N–H and O–H groups in total. The van der Waals surface area contributed by atoms with Crippen LogP contribution in [0.25, 0.3) is 0 Å². The Hall–Kier alpha value is -4.31. The first-order chi connectivity index (χ1) is 50.6. The van der Waals surface area contributed by atoms with E-state index in [1.807, 2.05) is 21.1 Å². The number of hydrogen-bond donors (Lipinski definition) is 0. The van der Waals surface area contributed by atoms with Crippen LogP contribution in [0.3, 0.4) is 0 Å². The molecule has 0 saturated carbocycles. The van der Waals surface area contributed by atoms with Gasteiger partial charge >= 0.3 is 11.9 Å². The predicted octanol–water partition coefficient (Wildman–Crippen LogP) is 27.3. The van der Waals surface area contributed by atoms with Crippen LogP contribution in [0.2, 0.25) is 0 Å². The monoisotopic (exact) mass is 1440 g/mol. The van der Waals surface area contributed by atoms with Crippen LogP contribution in [-0.2, 0) is 33.3 Å². The second-order valence-electron chi connectivity index (χ2n) is 30.4. The fourth-order valence-corrected chi connectivity index (χ4v) is 12.6. The molecular weight excluding hydrogens is 1270 g/mol. The second kappa shape index (κ2) is 83.3. The van der Waals surface area contributed by atoms with Crippen LogP contribution in [0.1, 0.15) is 399 Å². The van der Waals surface area contributed by atoms with E-state index in [1.54, 1.807) is 0 Å². The summed E-state index contributed by atoms with van der Waals surface area (Å²) in [4.78, 5) is 37.7. The molecule has 2 atom stereocenters. The molecule has 0 heterocycles. The minimum Gasteiger partial charge on any atom is -0.545 e. The topological polar surface area (TPSA) is 111 Å². The van der Waals surface area contributed by atoms with Crippen molar-refractivity contribution < 1.29 is 42.9 Å². The summed E-state index contributed by atoms with van der Waals surface area (Å²) in [5.41, 5.74) is 0. The lowest BCUT2D eigenvalue weighted by Gasteiger charge is -2.26. The zero-order valence-electron chi connectivity index (χ0n) is 68.2. The van der Waals surface area contributed by atoms with Gasteiger partial charge in [-0.1, -0.05) is 399 Å². The van der Waals surface area contributed by atoms with Gasteiger partial charge in [0.05, 0.1) is 40.3 Å². The maximum Gasteiger partial charge on any atom is 0.306 e. The van der Waals surface area contributed by atoms with Crippen molar-refractivity contribution in [1.82, 2.24) is 0 Å². The van der Waals surface area contributed by atoms with Gasteiger partial charge in [0.25, 0.3) is 0 Å². The zero-order chi connectivity index (χ0) is 74.6. The molecule has 0 spiro atoms. The number of unbranched alkanes of at least 4 members (excludes halogenated alkanes) is 46. The number of hydrogen-bond acceptors (Lipinski definition) is 8.